The number of rotatable bonds is 5. The second kappa shape index (κ2) is 6.64. The molecule has 2 aromatic rings. The van der Waals surface area contributed by atoms with E-state index in [-0.39, 0.29) is 16.2 Å². The molecule has 0 radical (unpaired) electrons. The van der Waals surface area contributed by atoms with Gasteiger partial charge in [0.2, 0.25) is 0 Å². The van der Waals surface area contributed by atoms with Crippen LogP contribution in [0.4, 0.5) is 0 Å². The van der Waals surface area contributed by atoms with Crippen molar-refractivity contribution >= 4 is 29.0 Å². The highest BCUT2D eigenvalue weighted by Crippen LogP contribution is 2.12. The zero-order valence-corrected chi connectivity index (χ0v) is 12.8. The van der Waals surface area contributed by atoms with Gasteiger partial charge >= 0.3 is 0 Å². The number of aromatic amines is 2. The number of aromatic nitrogens is 2. The van der Waals surface area contributed by atoms with Gasteiger partial charge in [0.15, 0.2) is 4.77 Å². The van der Waals surface area contributed by atoms with Gasteiger partial charge < -0.3 is 14.6 Å². The molecular formula is C14H17N3O3S. The monoisotopic (exact) mass is 307 g/mol. The number of carbonyl (C=O) groups is 1. The predicted octanol–water partition coefficient (Wildman–Crippen LogP) is 1.69. The molecule has 0 saturated heterocycles. The minimum Gasteiger partial charge on any atom is -0.385 e. The van der Waals surface area contributed by atoms with Gasteiger partial charge in [-0.2, -0.15) is 0 Å². The summed E-state index contributed by atoms with van der Waals surface area (Å²) in [6.07, 6.45) is 0.772. The molecule has 1 aromatic heterocycles. The van der Waals surface area contributed by atoms with Crippen molar-refractivity contribution in [1.29, 1.82) is 0 Å². The van der Waals surface area contributed by atoms with E-state index < -0.39 is 0 Å². The molecule has 2 N–H and O–H groups in total. The summed E-state index contributed by atoms with van der Waals surface area (Å²) in [6, 6.07) is 4.91. The van der Waals surface area contributed by atoms with E-state index in [1.807, 2.05) is 0 Å². The third kappa shape index (κ3) is 3.56. The summed E-state index contributed by atoms with van der Waals surface area (Å²) in [4.78, 5) is 31.1. The number of H-pyrrole nitrogens is 2. The van der Waals surface area contributed by atoms with Crippen LogP contribution in [-0.2, 0) is 4.74 Å². The Bertz CT molecular complexity index is 766. The number of nitrogens with one attached hydrogen (secondary N) is 2. The SMILES string of the molecule is COCCCN(C)C(=O)c1ccc2c(=O)[nH]c(=S)[nH]c2c1. The Hall–Kier alpha value is -1.99. The zero-order chi connectivity index (χ0) is 15.4. The van der Waals surface area contributed by atoms with Crippen molar-refractivity contribution < 1.29 is 9.53 Å². The lowest BCUT2D eigenvalue weighted by molar-refractivity contribution is 0.0779. The Balaban J connectivity index is 2.28. The van der Waals surface area contributed by atoms with Gasteiger partial charge in [0.25, 0.3) is 11.5 Å². The summed E-state index contributed by atoms with van der Waals surface area (Å²) < 4.78 is 5.21. The molecule has 0 fully saturated rings. The molecule has 0 aliphatic rings. The first kappa shape index (κ1) is 15.4. The van der Waals surface area contributed by atoms with E-state index in [1.54, 1.807) is 37.3 Å². The van der Waals surface area contributed by atoms with Crippen LogP contribution in [0.25, 0.3) is 10.9 Å². The van der Waals surface area contributed by atoms with Crippen molar-refractivity contribution in [1.82, 2.24) is 14.9 Å². The summed E-state index contributed by atoms with van der Waals surface area (Å²) in [6.45, 7) is 1.22. The Kier molecular flexibility index (Phi) is 4.87. The number of carbonyl (C=O) groups excluding carboxylic acids is 1. The first-order valence-electron chi connectivity index (χ1n) is 6.53. The fraction of sp³-hybridized carbons (Fsp3) is 0.357. The molecule has 21 heavy (non-hydrogen) atoms. The van der Waals surface area contributed by atoms with Gasteiger partial charge in [-0.1, -0.05) is 0 Å². The fourth-order valence-electron chi connectivity index (χ4n) is 2.07. The lowest BCUT2D eigenvalue weighted by Crippen LogP contribution is -2.28. The number of fused-ring (bicyclic) bond motifs is 1. The highest BCUT2D eigenvalue weighted by atomic mass is 32.1. The third-order valence-corrected chi connectivity index (χ3v) is 3.38. The number of ether oxygens (including phenoxy) is 1. The summed E-state index contributed by atoms with van der Waals surface area (Å²) in [5.74, 6) is -0.104. The van der Waals surface area contributed by atoms with E-state index >= 15 is 0 Å². The predicted molar refractivity (Wildman–Crippen MR) is 83.2 cm³/mol. The molecule has 1 aromatic carbocycles. The maximum absolute atomic E-state index is 12.3. The second-order valence-corrected chi connectivity index (χ2v) is 5.15. The van der Waals surface area contributed by atoms with Gasteiger partial charge in [-0.25, -0.2) is 0 Å². The number of hydrogen-bond donors (Lipinski definition) is 2. The molecule has 112 valence electrons. The van der Waals surface area contributed by atoms with Gasteiger partial charge in [-0.3, -0.25) is 14.6 Å². The zero-order valence-electron chi connectivity index (χ0n) is 11.9. The van der Waals surface area contributed by atoms with Crippen molar-refractivity contribution in [2.24, 2.45) is 0 Å². The van der Waals surface area contributed by atoms with Crippen molar-refractivity contribution in [2.45, 2.75) is 6.42 Å². The maximum atomic E-state index is 12.3. The van der Waals surface area contributed by atoms with Crippen molar-refractivity contribution in [3.8, 4) is 0 Å². The van der Waals surface area contributed by atoms with E-state index in [0.717, 1.165) is 6.42 Å². The van der Waals surface area contributed by atoms with Gasteiger partial charge in [-0.05, 0) is 36.8 Å². The third-order valence-electron chi connectivity index (χ3n) is 3.18. The summed E-state index contributed by atoms with van der Waals surface area (Å²) in [5, 5.41) is 0.474. The van der Waals surface area contributed by atoms with Gasteiger partial charge in [0.05, 0.1) is 10.9 Å². The van der Waals surface area contributed by atoms with Crippen molar-refractivity contribution in [2.75, 3.05) is 27.3 Å². The Morgan fingerprint density at radius 1 is 1.38 bits per heavy atom. The van der Waals surface area contributed by atoms with E-state index in [0.29, 0.717) is 29.6 Å². The topological polar surface area (TPSA) is 78.2 Å². The van der Waals surface area contributed by atoms with E-state index in [1.165, 1.54) is 0 Å². The molecule has 0 spiro atoms. The highest BCUT2D eigenvalue weighted by Gasteiger charge is 2.12. The average Bonchev–Trinajstić information content (AvgIpc) is 2.45. The van der Waals surface area contributed by atoms with Crippen LogP contribution in [0.1, 0.15) is 16.8 Å². The van der Waals surface area contributed by atoms with Crippen LogP contribution >= 0.6 is 12.2 Å². The molecule has 0 saturated carbocycles. The van der Waals surface area contributed by atoms with Gasteiger partial charge in [0.1, 0.15) is 0 Å². The molecule has 7 heteroatoms. The lowest BCUT2D eigenvalue weighted by Gasteiger charge is -2.17. The van der Waals surface area contributed by atoms with Crippen LogP contribution in [0.15, 0.2) is 23.0 Å². The minimum atomic E-state index is -0.263. The summed E-state index contributed by atoms with van der Waals surface area (Å²) >= 11 is 4.94. The standard InChI is InChI=1S/C14H17N3O3S/c1-17(6-3-7-20-2)13(19)9-4-5-10-11(8-9)15-14(21)16-12(10)18/h4-5,8H,3,6-7H2,1-2H3,(H2,15,16,18,21). The largest absolute Gasteiger partial charge is 0.385 e. The Labute approximate surface area is 126 Å². The van der Waals surface area contributed by atoms with E-state index in [2.05, 4.69) is 9.97 Å². The van der Waals surface area contributed by atoms with Crippen LogP contribution in [0.3, 0.4) is 0 Å². The molecular weight excluding hydrogens is 290 g/mol. The number of hydrogen-bond acceptors (Lipinski definition) is 4. The average molecular weight is 307 g/mol. The van der Waals surface area contributed by atoms with Crippen LogP contribution in [0.2, 0.25) is 0 Å². The second-order valence-electron chi connectivity index (χ2n) is 4.74. The van der Waals surface area contributed by atoms with Gasteiger partial charge in [0, 0.05) is 32.9 Å². The number of nitrogens with zero attached hydrogens (tertiary/aromatic N) is 1. The molecule has 2 rings (SSSR count). The normalized spacial score (nSPS) is 10.8. The molecule has 1 heterocycles. The van der Waals surface area contributed by atoms with Crippen LogP contribution in [0, 0.1) is 4.77 Å². The highest BCUT2D eigenvalue weighted by molar-refractivity contribution is 7.71. The smallest absolute Gasteiger partial charge is 0.259 e. The fourth-order valence-corrected chi connectivity index (χ4v) is 2.27. The Morgan fingerprint density at radius 3 is 2.86 bits per heavy atom. The molecule has 0 atom stereocenters. The van der Waals surface area contributed by atoms with Crippen LogP contribution in [-0.4, -0.2) is 48.1 Å². The Morgan fingerprint density at radius 2 is 2.14 bits per heavy atom. The quantitative estimate of drug-likeness (QED) is 0.651. The van der Waals surface area contributed by atoms with E-state index in [4.69, 9.17) is 17.0 Å². The van der Waals surface area contributed by atoms with Gasteiger partial charge in [-0.15, -0.1) is 0 Å². The first-order chi connectivity index (χ1) is 10.0. The molecule has 0 unspecified atom stereocenters. The minimum absolute atomic E-state index is 0.104. The molecule has 0 bridgehead atoms. The van der Waals surface area contributed by atoms with Crippen molar-refractivity contribution in [3.05, 3.63) is 38.9 Å². The molecule has 1 amide bonds. The van der Waals surface area contributed by atoms with Crippen LogP contribution < -0.4 is 5.56 Å². The molecule has 0 aliphatic carbocycles. The summed E-state index contributed by atoms with van der Waals surface area (Å²) in [5.41, 5.74) is 0.805. The number of methoxy groups -OCH3 is 1. The molecule has 6 nitrogen and oxygen atoms in total. The maximum Gasteiger partial charge on any atom is 0.259 e. The number of amides is 1. The van der Waals surface area contributed by atoms with E-state index in [9.17, 15) is 9.59 Å². The summed E-state index contributed by atoms with van der Waals surface area (Å²) in [7, 11) is 3.37. The lowest BCUT2D eigenvalue weighted by atomic mass is 10.1. The van der Waals surface area contributed by atoms with Crippen molar-refractivity contribution in [3.63, 3.8) is 0 Å². The number of benzene rings is 1. The molecule has 0 aliphatic heterocycles. The van der Waals surface area contributed by atoms with Crippen LogP contribution in [0.5, 0.6) is 0 Å². The first-order valence-corrected chi connectivity index (χ1v) is 6.94.